The summed E-state index contributed by atoms with van der Waals surface area (Å²) in [5, 5.41) is 9.08. The number of hydrogen-bond donors (Lipinski definition) is 1. The van der Waals surface area contributed by atoms with E-state index in [-0.39, 0.29) is 5.56 Å². The summed E-state index contributed by atoms with van der Waals surface area (Å²) >= 11 is 0. The fourth-order valence-corrected chi connectivity index (χ4v) is 2.50. The van der Waals surface area contributed by atoms with Gasteiger partial charge < -0.3 is 5.11 Å². The molecule has 0 aromatic heterocycles. The number of benzene rings is 1. The van der Waals surface area contributed by atoms with Crippen molar-refractivity contribution in [3.05, 3.63) is 35.1 Å². The van der Waals surface area contributed by atoms with Crippen molar-refractivity contribution in [3.8, 4) is 0 Å². The lowest BCUT2D eigenvalue weighted by Crippen LogP contribution is -2.21. The smallest absolute Gasteiger partial charge is 0.336 e. The highest BCUT2D eigenvalue weighted by atomic mass is 19.1. The molecule has 2 atom stereocenters. The summed E-state index contributed by atoms with van der Waals surface area (Å²) < 4.78 is 13.1. The first-order valence-electron chi connectivity index (χ1n) is 6.21. The van der Waals surface area contributed by atoms with Gasteiger partial charge in [0.2, 0.25) is 0 Å². The summed E-state index contributed by atoms with van der Waals surface area (Å²) in [6.45, 7) is 6.92. The molecule has 0 aliphatic carbocycles. The molecule has 1 saturated heterocycles. The van der Waals surface area contributed by atoms with Crippen molar-refractivity contribution in [2.75, 3.05) is 13.1 Å². The topological polar surface area (TPSA) is 40.5 Å². The fourth-order valence-electron chi connectivity index (χ4n) is 2.50. The second-order valence-corrected chi connectivity index (χ2v) is 5.26. The van der Waals surface area contributed by atoms with Crippen molar-refractivity contribution in [2.45, 2.75) is 20.4 Å². The largest absolute Gasteiger partial charge is 0.478 e. The Morgan fingerprint density at radius 2 is 2.00 bits per heavy atom. The summed E-state index contributed by atoms with van der Waals surface area (Å²) in [5.74, 6) is -0.318. The zero-order valence-corrected chi connectivity index (χ0v) is 10.7. The number of rotatable bonds is 3. The Hall–Kier alpha value is -1.42. The van der Waals surface area contributed by atoms with E-state index in [0.717, 1.165) is 19.2 Å². The van der Waals surface area contributed by atoms with E-state index in [1.807, 2.05) is 0 Å². The minimum absolute atomic E-state index is 0.0715. The maximum absolute atomic E-state index is 13.1. The molecular weight excluding hydrogens is 233 g/mol. The van der Waals surface area contributed by atoms with Crippen LogP contribution in [0.3, 0.4) is 0 Å². The molecule has 0 bridgehead atoms. The molecule has 1 aromatic rings. The number of carbonyl (C=O) groups is 1. The third kappa shape index (κ3) is 2.70. The monoisotopic (exact) mass is 251 g/mol. The highest BCUT2D eigenvalue weighted by molar-refractivity contribution is 5.89. The van der Waals surface area contributed by atoms with Gasteiger partial charge in [-0.1, -0.05) is 19.9 Å². The molecule has 0 radical (unpaired) electrons. The zero-order valence-electron chi connectivity index (χ0n) is 10.7. The Kier molecular flexibility index (Phi) is 3.66. The molecule has 1 aromatic carbocycles. The van der Waals surface area contributed by atoms with Crippen molar-refractivity contribution in [1.82, 2.24) is 4.90 Å². The Labute approximate surface area is 106 Å². The van der Waals surface area contributed by atoms with Crippen LogP contribution in [0.2, 0.25) is 0 Å². The van der Waals surface area contributed by atoms with Gasteiger partial charge in [-0.15, -0.1) is 0 Å². The predicted molar refractivity (Wildman–Crippen MR) is 67.0 cm³/mol. The van der Waals surface area contributed by atoms with Crippen molar-refractivity contribution in [3.63, 3.8) is 0 Å². The molecule has 1 heterocycles. The highest BCUT2D eigenvalue weighted by Gasteiger charge is 2.26. The Morgan fingerprint density at radius 1 is 1.39 bits per heavy atom. The molecule has 4 heteroatoms. The lowest BCUT2D eigenvalue weighted by atomic mass is 10.0. The van der Waals surface area contributed by atoms with Crippen LogP contribution in [0.4, 0.5) is 4.39 Å². The van der Waals surface area contributed by atoms with Gasteiger partial charge in [0.15, 0.2) is 0 Å². The third-order valence-corrected chi connectivity index (χ3v) is 3.76. The lowest BCUT2D eigenvalue weighted by Gasteiger charge is -2.16. The zero-order chi connectivity index (χ0) is 13.3. The molecule has 98 valence electrons. The van der Waals surface area contributed by atoms with E-state index < -0.39 is 11.8 Å². The molecule has 1 aliphatic heterocycles. The second kappa shape index (κ2) is 5.06. The number of hydrogen-bond acceptors (Lipinski definition) is 2. The Balaban J connectivity index is 2.17. The minimum Gasteiger partial charge on any atom is -0.478 e. The van der Waals surface area contributed by atoms with E-state index in [9.17, 15) is 9.18 Å². The van der Waals surface area contributed by atoms with Gasteiger partial charge in [0.05, 0.1) is 5.56 Å². The van der Waals surface area contributed by atoms with Crippen LogP contribution in [-0.2, 0) is 6.54 Å². The average Bonchev–Trinajstić information content (AvgIpc) is 2.60. The van der Waals surface area contributed by atoms with Crippen molar-refractivity contribution < 1.29 is 14.3 Å². The molecule has 3 nitrogen and oxygen atoms in total. The second-order valence-electron chi connectivity index (χ2n) is 5.26. The standard InChI is InChI=1S/C14H18FNO2/c1-9-6-16(7-10(9)2)8-11-3-4-12(15)5-13(11)14(17)18/h3-5,9-10H,6-8H2,1-2H3,(H,17,18). The van der Waals surface area contributed by atoms with Crippen molar-refractivity contribution in [2.24, 2.45) is 11.8 Å². The Bertz CT molecular complexity index is 451. The molecule has 1 N–H and O–H groups in total. The van der Waals surface area contributed by atoms with Crippen LogP contribution in [0.1, 0.15) is 29.8 Å². The molecule has 0 spiro atoms. The summed E-state index contributed by atoms with van der Waals surface area (Å²) in [7, 11) is 0. The maximum Gasteiger partial charge on any atom is 0.336 e. The van der Waals surface area contributed by atoms with Crippen LogP contribution in [0.15, 0.2) is 18.2 Å². The summed E-state index contributed by atoms with van der Waals surface area (Å²) in [4.78, 5) is 13.3. The van der Waals surface area contributed by atoms with E-state index in [2.05, 4.69) is 18.7 Å². The van der Waals surface area contributed by atoms with Gasteiger partial charge in [-0.2, -0.15) is 0 Å². The van der Waals surface area contributed by atoms with Gasteiger partial charge in [-0.05, 0) is 29.5 Å². The number of nitrogens with zero attached hydrogens (tertiary/aromatic N) is 1. The quantitative estimate of drug-likeness (QED) is 0.897. The van der Waals surface area contributed by atoms with Crippen LogP contribution in [0.5, 0.6) is 0 Å². The number of aromatic carboxylic acids is 1. The van der Waals surface area contributed by atoms with Gasteiger partial charge in [0.1, 0.15) is 5.82 Å². The van der Waals surface area contributed by atoms with Gasteiger partial charge in [-0.3, -0.25) is 4.90 Å². The van der Waals surface area contributed by atoms with Gasteiger partial charge in [0, 0.05) is 19.6 Å². The van der Waals surface area contributed by atoms with Crippen LogP contribution in [0, 0.1) is 17.7 Å². The number of halogens is 1. The Morgan fingerprint density at radius 3 is 2.56 bits per heavy atom. The molecule has 1 fully saturated rings. The third-order valence-electron chi connectivity index (χ3n) is 3.76. The van der Waals surface area contributed by atoms with Gasteiger partial charge in [0.25, 0.3) is 0 Å². The average molecular weight is 251 g/mol. The molecule has 1 aliphatic rings. The summed E-state index contributed by atoms with van der Waals surface area (Å²) in [6.07, 6.45) is 0. The predicted octanol–water partition coefficient (Wildman–Crippen LogP) is 2.61. The van der Waals surface area contributed by atoms with Gasteiger partial charge >= 0.3 is 5.97 Å². The first kappa shape index (κ1) is 13.0. The molecular formula is C14H18FNO2. The van der Waals surface area contributed by atoms with E-state index >= 15 is 0 Å². The highest BCUT2D eigenvalue weighted by Crippen LogP contribution is 2.24. The van der Waals surface area contributed by atoms with Crippen molar-refractivity contribution in [1.29, 1.82) is 0 Å². The van der Waals surface area contributed by atoms with Crippen molar-refractivity contribution >= 4 is 5.97 Å². The number of carboxylic acid groups (broad SMARTS) is 1. The molecule has 2 rings (SSSR count). The van der Waals surface area contributed by atoms with Crippen LogP contribution < -0.4 is 0 Å². The van der Waals surface area contributed by atoms with E-state index in [4.69, 9.17) is 5.11 Å². The molecule has 2 unspecified atom stereocenters. The first-order chi connectivity index (χ1) is 8.47. The molecule has 0 saturated carbocycles. The normalized spacial score (nSPS) is 24.4. The summed E-state index contributed by atoms with van der Waals surface area (Å²) in [6, 6.07) is 4.00. The van der Waals surface area contributed by atoms with Crippen LogP contribution in [0.25, 0.3) is 0 Å². The van der Waals surface area contributed by atoms with E-state index in [1.165, 1.54) is 6.07 Å². The number of carboxylic acids is 1. The van der Waals surface area contributed by atoms with Crippen LogP contribution in [-0.4, -0.2) is 29.1 Å². The molecule has 18 heavy (non-hydrogen) atoms. The van der Waals surface area contributed by atoms with E-state index in [1.54, 1.807) is 6.07 Å². The van der Waals surface area contributed by atoms with Gasteiger partial charge in [-0.25, -0.2) is 9.18 Å². The lowest BCUT2D eigenvalue weighted by molar-refractivity contribution is 0.0694. The first-order valence-corrected chi connectivity index (χ1v) is 6.21. The summed E-state index contributed by atoms with van der Waals surface area (Å²) in [5.41, 5.74) is 0.757. The maximum atomic E-state index is 13.1. The number of likely N-dealkylation sites (tertiary alicyclic amines) is 1. The minimum atomic E-state index is -1.07. The molecule has 0 amide bonds. The SMILES string of the molecule is CC1CN(Cc2ccc(F)cc2C(=O)O)CC1C. The fraction of sp³-hybridized carbons (Fsp3) is 0.500. The van der Waals surface area contributed by atoms with Crippen LogP contribution >= 0.6 is 0 Å². The van der Waals surface area contributed by atoms with E-state index in [0.29, 0.717) is 23.9 Å².